The molecule has 0 bridgehead atoms. The van der Waals surface area contributed by atoms with Crippen LogP contribution in [0.5, 0.6) is 0 Å². The van der Waals surface area contributed by atoms with Gasteiger partial charge in [0, 0.05) is 6.61 Å². The molecule has 0 atom stereocenters. The van der Waals surface area contributed by atoms with E-state index in [1.807, 2.05) is 0 Å². The van der Waals surface area contributed by atoms with Crippen molar-refractivity contribution in [2.45, 2.75) is 103 Å². The molecule has 0 N–H and O–H groups in total. The van der Waals surface area contributed by atoms with Crippen molar-refractivity contribution in [1.29, 1.82) is 0 Å². The van der Waals surface area contributed by atoms with Crippen molar-refractivity contribution < 1.29 is 8.85 Å². The molecule has 2 saturated carbocycles. The summed E-state index contributed by atoms with van der Waals surface area (Å²) in [6.07, 6.45) is 16.8. The highest BCUT2D eigenvalue weighted by atomic mass is 28.3. The Bertz CT molecular complexity index is 272. The van der Waals surface area contributed by atoms with Crippen LogP contribution in [0.4, 0.5) is 0 Å². The summed E-state index contributed by atoms with van der Waals surface area (Å²) in [6.45, 7) is 7.52. The molecule has 0 amide bonds. The van der Waals surface area contributed by atoms with Crippen molar-refractivity contribution in [2.24, 2.45) is 11.8 Å². The quantitative estimate of drug-likeness (QED) is 0.450. The highest BCUT2D eigenvalue weighted by Gasteiger charge is 2.43. The van der Waals surface area contributed by atoms with Crippen molar-refractivity contribution >= 4 is 9.28 Å². The van der Waals surface area contributed by atoms with E-state index in [1.165, 1.54) is 77.0 Å². The normalized spacial score (nSPS) is 23.5. The van der Waals surface area contributed by atoms with Crippen molar-refractivity contribution in [1.82, 2.24) is 0 Å². The molecule has 0 aromatic rings. The molecule has 2 fully saturated rings. The van der Waals surface area contributed by atoms with Gasteiger partial charge in [0.2, 0.25) is 0 Å². The van der Waals surface area contributed by atoms with Gasteiger partial charge in [-0.2, -0.15) is 0 Å². The fraction of sp³-hybridized carbons (Fsp3) is 1.00. The maximum Gasteiger partial charge on any atom is 0.381 e. The van der Waals surface area contributed by atoms with E-state index >= 15 is 0 Å². The van der Waals surface area contributed by atoms with Gasteiger partial charge in [-0.3, -0.25) is 0 Å². The van der Waals surface area contributed by atoms with Crippen LogP contribution in [0.1, 0.15) is 90.9 Å². The maximum atomic E-state index is 6.75. The smallest absolute Gasteiger partial charge is 0.381 e. The van der Waals surface area contributed by atoms with E-state index in [0.29, 0.717) is 0 Å². The van der Waals surface area contributed by atoms with Crippen molar-refractivity contribution in [3.63, 3.8) is 0 Å². The van der Waals surface area contributed by atoms with Crippen LogP contribution in [0.25, 0.3) is 0 Å². The van der Waals surface area contributed by atoms with Gasteiger partial charge in [-0.1, -0.05) is 51.4 Å². The molecule has 0 unspecified atom stereocenters. The summed E-state index contributed by atoms with van der Waals surface area (Å²) >= 11 is 0. The van der Waals surface area contributed by atoms with Gasteiger partial charge in [0.1, 0.15) is 0 Å². The average molecular weight is 326 g/mol. The first-order valence-corrected chi connectivity index (χ1v) is 11.6. The standard InChI is InChI=1S/C19H37O2Si/c1-4-20-22(3)21-19(2,17-13-9-5-6-10-14-17)18-15-11-7-8-12-16-18/h17-18H,4-16H2,1-3H3. The molecule has 2 aliphatic rings. The number of hydrogen-bond donors (Lipinski definition) is 0. The van der Waals surface area contributed by atoms with Gasteiger partial charge in [0.15, 0.2) is 0 Å². The number of hydrogen-bond acceptors (Lipinski definition) is 2. The molecule has 0 aromatic heterocycles. The van der Waals surface area contributed by atoms with Crippen molar-refractivity contribution in [2.75, 3.05) is 6.61 Å². The molecule has 0 heterocycles. The molecule has 2 aliphatic carbocycles. The Kier molecular flexibility index (Phi) is 7.92. The lowest BCUT2D eigenvalue weighted by molar-refractivity contribution is -0.0583. The summed E-state index contributed by atoms with van der Waals surface area (Å²) in [5, 5.41) is 0. The molecule has 129 valence electrons. The maximum absolute atomic E-state index is 6.75. The summed E-state index contributed by atoms with van der Waals surface area (Å²) in [7, 11) is -1.12. The first-order chi connectivity index (χ1) is 10.7. The van der Waals surface area contributed by atoms with E-state index in [2.05, 4.69) is 20.4 Å². The van der Waals surface area contributed by atoms with Crippen LogP contribution in [0.2, 0.25) is 6.55 Å². The van der Waals surface area contributed by atoms with Gasteiger partial charge >= 0.3 is 9.28 Å². The van der Waals surface area contributed by atoms with Crippen molar-refractivity contribution in [3.05, 3.63) is 0 Å². The van der Waals surface area contributed by atoms with Crippen LogP contribution in [-0.2, 0) is 8.85 Å². The van der Waals surface area contributed by atoms with Gasteiger partial charge in [0.25, 0.3) is 0 Å². The lowest BCUT2D eigenvalue weighted by atomic mass is 9.72. The summed E-state index contributed by atoms with van der Waals surface area (Å²) in [6, 6.07) is 0. The molecule has 0 aliphatic heterocycles. The third-order valence-electron chi connectivity index (χ3n) is 6.04. The molecule has 2 nitrogen and oxygen atoms in total. The molecule has 3 heteroatoms. The second-order valence-corrected chi connectivity index (χ2v) is 9.06. The Morgan fingerprint density at radius 3 is 1.59 bits per heavy atom. The summed E-state index contributed by atoms with van der Waals surface area (Å²) in [5.74, 6) is 1.50. The van der Waals surface area contributed by atoms with Gasteiger partial charge in [0.05, 0.1) is 5.60 Å². The minimum atomic E-state index is -1.12. The SMILES string of the molecule is CCO[Si](C)OC(C)(C1CCCCCC1)C1CCCCCC1. The highest BCUT2D eigenvalue weighted by molar-refractivity contribution is 6.42. The zero-order valence-electron chi connectivity index (χ0n) is 15.2. The van der Waals surface area contributed by atoms with E-state index in [0.717, 1.165) is 18.4 Å². The second kappa shape index (κ2) is 9.44. The topological polar surface area (TPSA) is 18.5 Å². The Labute approximate surface area is 140 Å². The zero-order chi connectivity index (χ0) is 15.8. The van der Waals surface area contributed by atoms with Crippen LogP contribution in [0.15, 0.2) is 0 Å². The molecular formula is C19H37O2Si. The second-order valence-electron chi connectivity index (χ2n) is 7.59. The predicted octanol–water partition coefficient (Wildman–Crippen LogP) is 5.86. The minimum Gasteiger partial charge on any atom is -0.394 e. The first kappa shape index (κ1) is 18.5. The third kappa shape index (κ3) is 5.07. The largest absolute Gasteiger partial charge is 0.394 e. The van der Waals surface area contributed by atoms with E-state index < -0.39 is 9.28 Å². The third-order valence-corrected chi connectivity index (χ3v) is 7.47. The van der Waals surface area contributed by atoms with Crippen LogP contribution in [0, 0.1) is 11.8 Å². The summed E-state index contributed by atoms with van der Waals surface area (Å²) in [5.41, 5.74) is 0.0624. The van der Waals surface area contributed by atoms with Gasteiger partial charge < -0.3 is 8.85 Å². The Balaban J connectivity index is 2.13. The van der Waals surface area contributed by atoms with Crippen molar-refractivity contribution in [3.8, 4) is 0 Å². The van der Waals surface area contributed by atoms with E-state index in [-0.39, 0.29) is 5.60 Å². The van der Waals surface area contributed by atoms with Crippen LogP contribution in [0.3, 0.4) is 0 Å². The van der Waals surface area contributed by atoms with Crippen LogP contribution in [-0.4, -0.2) is 21.5 Å². The lowest BCUT2D eigenvalue weighted by Gasteiger charge is -2.45. The van der Waals surface area contributed by atoms with Gasteiger partial charge in [-0.05, 0) is 57.9 Å². The molecule has 0 saturated heterocycles. The Morgan fingerprint density at radius 1 is 0.818 bits per heavy atom. The molecule has 0 spiro atoms. The average Bonchev–Trinajstić information content (AvgIpc) is 2.93. The highest BCUT2D eigenvalue weighted by Crippen LogP contribution is 2.44. The minimum absolute atomic E-state index is 0.0624. The van der Waals surface area contributed by atoms with Gasteiger partial charge in [-0.25, -0.2) is 0 Å². The fourth-order valence-electron chi connectivity index (χ4n) is 4.75. The molecule has 22 heavy (non-hydrogen) atoms. The molecular weight excluding hydrogens is 288 g/mol. The predicted molar refractivity (Wildman–Crippen MR) is 95.1 cm³/mol. The van der Waals surface area contributed by atoms with E-state index in [4.69, 9.17) is 8.85 Å². The summed E-state index contributed by atoms with van der Waals surface area (Å²) in [4.78, 5) is 0. The van der Waals surface area contributed by atoms with E-state index in [1.54, 1.807) is 0 Å². The fourth-order valence-corrected chi connectivity index (χ4v) is 6.17. The molecule has 1 radical (unpaired) electrons. The Hall–Kier alpha value is 0.137. The van der Waals surface area contributed by atoms with Crippen LogP contribution < -0.4 is 0 Å². The first-order valence-electron chi connectivity index (χ1n) is 9.82. The van der Waals surface area contributed by atoms with Gasteiger partial charge in [-0.15, -0.1) is 0 Å². The number of rotatable bonds is 6. The van der Waals surface area contributed by atoms with Crippen LogP contribution >= 0.6 is 0 Å². The van der Waals surface area contributed by atoms with E-state index in [9.17, 15) is 0 Å². The monoisotopic (exact) mass is 325 g/mol. The lowest BCUT2D eigenvalue weighted by Crippen LogP contribution is -2.48. The molecule has 2 rings (SSSR count). The Morgan fingerprint density at radius 2 is 1.23 bits per heavy atom. The summed E-state index contributed by atoms with van der Waals surface area (Å²) < 4.78 is 12.6. The zero-order valence-corrected chi connectivity index (χ0v) is 16.2. The molecule has 0 aromatic carbocycles.